The van der Waals surface area contributed by atoms with Gasteiger partial charge in [0.05, 0.1) is 5.25 Å². The first kappa shape index (κ1) is 23.0. The van der Waals surface area contributed by atoms with Gasteiger partial charge in [0.1, 0.15) is 0 Å². The minimum atomic E-state index is -5.35. The van der Waals surface area contributed by atoms with E-state index in [9.17, 15) is 39.6 Å². The molecule has 0 saturated heterocycles. The highest BCUT2D eigenvalue weighted by molar-refractivity contribution is 7.91. The molecule has 2 fully saturated rings. The number of esters is 1. The zero-order chi connectivity index (χ0) is 20.5. The number of fused-ring (bicyclic) bond motifs is 2. The van der Waals surface area contributed by atoms with Gasteiger partial charge in [-0.15, -0.1) is 0 Å². The van der Waals surface area contributed by atoms with Crippen molar-refractivity contribution in [2.45, 2.75) is 50.4 Å². The summed E-state index contributed by atoms with van der Waals surface area (Å²) in [5.74, 6) is -6.93. The molecule has 26 heavy (non-hydrogen) atoms. The number of hydrogen-bond donors (Lipinski definition) is 0. The number of sulfone groups is 1. The maximum atomic E-state index is 14.3. The van der Waals surface area contributed by atoms with E-state index in [1.165, 1.54) is 0 Å². The third kappa shape index (κ3) is 4.83. The number of carbonyl (C=O) groups excluding carboxylic acids is 1. The van der Waals surface area contributed by atoms with Crippen LogP contribution in [0, 0.1) is 23.7 Å². The van der Waals surface area contributed by atoms with Gasteiger partial charge in [0.15, 0.2) is 9.84 Å². The van der Waals surface area contributed by atoms with Crippen LogP contribution in [-0.4, -0.2) is 44.9 Å². The van der Waals surface area contributed by atoms with Crippen molar-refractivity contribution in [3.05, 3.63) is 0 Å². The molecule has 2 bridgehead atoms. The molecule has 2 saturated carbocycles. The molecule has 11 heteroatoms. The van der Waals surface area contributed by atoms with Crippen LogP contribution >= 0.6 is 0 Å². The van der Waals surface area contributed by atoms with E-state index in [1.807, 2.05) is 0 Å². The Bertz CT molecular complexity index is 608. The van der Waals surface area contributed by atoms with Crippen LogP contribution in [0.15, 0.2) is 0 Å². The third-order valence-electron chi connectivity index (χ3n) is 5.22. The van der Waals surface area contributed by atoms with Gasteiger partial charge in [-0.2, -0.15) is 17.6 Å². The molecule has 2 rings (SSSR count). The van der Waals surface area contributed by atoms with Gasteiger partial charge in [-0.1, -0.05) is 6.92 Å². The van der Waals surface area contributed by atoms with E-state index < -0.39 is 58.3 Å². The molecule has 0 N–H and O–H groups in total. The zero-order valence-electron chi connectivity index (χ0n) is 14.5. The highest BCUT2D eigenvalue weighted by atomic mass is 32.2. The van der Waals surface area contributed by atoms with E-state index in [1.54, 1.807) is 6.92 Å². The number of hydrogen-bond acceptors (Lipinski definition) is 4. The van der Waals surface area contributed by atoms with Gasteiger partial charge in [-0.3, -0.25) is 4.79 Å². The molecular weight excluding hydrogens is 390 g/mol. The second-order valence-corrected chi connectivity index (χ2v) is 9.14. The summed E-state index contributed by atoms with van der Waals surface area (Å²) in [7, 11) is -3.44. The minimum Gasteiger partial charge on any atom is -0.419 e. The smallest absolute Gasteiger partial charge is 0.419 e. The third-order valence-corrected chi connectivity index (χ3v) is 6.99. The molecule has 0 aromatic heterocycles. The second kappa shape index (κ2) is 7.93. The van der Waals surface area contributed by atoms with E-state index in [4.69, 9.17) is 0 Å². The molecule has 0 heterocycles. The number of carbonyl (C=O) groups is 1. The highest BCUT2D eigenvalue weighted by Crippen LogP contribution is 2.57. The molecule has 0 aromatic carbocycles. The van der Waals surface area contributed by atoms with Crippen LogP contribution in [0.1, 0.15) is 33.1 Å². The molecule has 154 valence electrons. The van der Waals surface area contributed by atoms with Crippen molar-refractivity contribution < 1.29 is 44.3 Å². The van der Waals surface area contributed by atoms with Crippen LogP contribution in [0.25, 0.3) is 0 Å². The fourth-order valence-electron chi connectivity index (χ4n) is 4.41. The first-order chi connectivity index (χ1) is 11.7. The van der Waals surface area contributed by atoms with Crippen LogP contribution in [0.3, 0.4) is 0 Å². The summed E-state index contributed by atoms with van der Waals surface area (Å²) < 4.78 is 100. The number of rotatable bonds is 4. The topological polar surface area (TPSA) is 60.4 Å². The summed E-state index contributed by atoms with van der Waals surface area (Å²) in [5, 5.41) is -0.763. The summed E-state index contributed by atoms with van der Waals surface area (Å²) in [6.45, 7) is 0.730. The molecule has 6 unspecified atom stereocenters. The normalized spacial score (nSPS) is 33.2. The largest absolute Gasteiger partial charge is 0.460 e. The lowest BCUT2D eigenvalue weighted by molar-refractivity contribution is -0.326. The standard InChI is InChI=1S/C14H20F4O4S.CH2F2/c1-7-9-4-10(11(5-9)12(7)23(3,20)21)6-13(15,14(16,17)18)22-8(2)19;2-1-3/h7,9-12H,4-6H2,1-3H3;1H2. The second-order valence-electron chi connectivity index (χ2n) is 6.93. The highest BCUT2D eigenvalue weighted by Gasteiger charge is 2.64. The molecule has 0 aliphatic heterocycles. The molecule has 0 aromatic rings. The molecule has 4 nitrogen and oxygen atoms in total. The lowest BCUT2D eigenvalue weighted by Crippen LogP contribution is -2.48. The fourth-order valence-corrected chi connectivity index (χ4v) is 6.38. The van der Waals surface area contributed by atoms with Gasteiger partial charge in [-0.05, 0) is 36.5 Å². The molecule has 6 atom stereocenters. The Kier molecular flexibility index (Phi) is 7.03. The van der Waals surface area contributed by atoms with Gasteiger partial charge in [0, 0.05) is 19.6 Å². The summed E-state index contributed by atoms with van der Waals surface area (Å²) in [5.41, 5.74) is 0. The van der Waals surface area contributed by atoms with Gasteiger partial charge < -0.3 is 4.74 Å². The molecule has 0 amide bonds. The minimum absolute atomic E-state index is 0.0421. The maximum absolute atomic E-state index is 14.3. The lowest BCUT2D eigenvalue weighted by Gasteiger charge is -2.36. The molecular formula is C15H22F6O4S. The number of halogens is 6. The van der Waals surface area contributed by atoms with Crippen LogP contribution in [0.4, 0.5) is 26.3 Å². The quantitative estimate of drug-likeness (QED) is 0.521. The lowest BCUT2D eigenvalue weighted by atomic mass is 9.79. The van der Waals surface area contributed by atoms with Crippen molar-refractivity contribution in [3.8, 4) is 0 Å². The van der Waals surface area contributed by atoms with Crippen LogP contribution in [-0.2, 0) is 19.4 Å². The number of alkyl halides is 6. The predicted molar refractivity (Wildman–Crippen MR) is 80.9 cm³/mol. The Balaban J connectivity index is 0.00000105. The first-order valence-electron chi connectivity index (χ1n) is 7.94. The van der Waals surface area contributed by atoms with Gasteiger partial charge in [0.25, 0.3) is 0 Å². The average molecular weight is 412 g/mol. The van der Waals surface area contributed by atoms with Crippen molar-refractivity contribution in [3.63, 3.8) is 0 Å². The Morgan fingerprint density at radius 2 is 1.65 bits per heavy atom. The Morgan fingerprint density at radius 1 is 1.15 bits per heavy atom. The Hall–Kier alpha value is -1.00. The summed E-state index contributed by atoms with van der Waals surface area (Å²) >= 11 is 0. The van der Waals surface area contributed by atoms with Gasteiger partial charge in [0.2, 0.25) is 6.93 Å². The Labute approximate surface area is 148 Å². The van der Waals surface area contributed by atoms with Gasteiger partial charge in [-0.25, -0.2) is 17.2 Å². The van der Waals surface area contributed by atoms with Crippen molar-refractivity contribution in [1.82, 2.24) is 0 Å². The average Bonchev–Trinajstić information content (AvgIpc) is 2.93. The van der Waals surface area contributed by atoms with Crippen molar-refractivity contribution in [2.24, 2.45) is 23.7 Å². The van der Waals surface area contributed by atoms with Crippen LogP contribution < -0.4 is 0 Å². The van der Waals surface area contributed by atoms with E-state index in [2.05, 4.69) is 4.74 Å². The Morgan fingerprint density at radius 3 is 2.00 bits per heavy atom. The fraction of sp³-hybridized carbons (Fsp3) is 0.933. The van der Waals surface area contributed by atoms with Gasteiger partial charge >= 0.3 is 18.0 Å². The monoisotopic (exact) mass is 412 g/mol. The van der Waals surface area contributed by atoms with Crippen LogP contribution in [0.5, 0.6) is 0 Å². The van der Waals surface area contributed by atoms with E-state index in [0.717, 1.165) is 6.26 Å². The van der Waals surface area contributed by atoms with Crippen molar-refractivity contribution in [1.29, 1.82) is 0 Å². The van der Waals surface area contributed by atoms with Crippen LogP contribution in [0.2, 0.25) is 0 Å². The predicted octanol–water partition coefficient (Wildman–Crippen LogP) is 3.76. The van der Waals surface area contributed by atoms with Crippen molar-refractivity contribution in [2.75, 3.05) is 13.2 Å². The SMILES string of the molecule is CC(=O)OC(F)(CC1CC2CC1C(S(C)(=O)=O)C2C)C(F)(F)F.FCF. The van der Waals surface area contributed by atoms with Crippen molar-refractivity contribution >= 4 is 15.8 Å². The van der Waals surface area contributed by atoms with E-state index in [0.29, 0.717) is 19.8 Å². The summed E-state index contributed by atoms with van der Waals surface area (Å²) in [6, 6.07) is 0. The van der Waals surface area contributed by atoms with E-state index >= 15 is 0 Å². The molecule has 0 radical (unpaired) electrons. The summed E-state index contributed by atoms with van der Waals surface area (Å²) in [6.07, 6.45) is -4.55. The first-order valence-corrected chi connectivity index (χ1v) is 9.89. The molecule has 0 spiro atoms. The maximum Gasteiger partial charge on any atom is 0.460 e. The molecule has 2 aliphatic carbocycles. The molecule has 2 aliphatic rings. The number of ether oxygens (including phenoxy) is 1. The zero-order valence-corrected chi connectivity index (χ0v) is 15.3. The summed E-state index contributed by atoms with van der Waals surface area (Å²) in [4.78, 5) is 10.9. The van der Waals surface area contributed by atoms with E-state index in [-0.39, 0.29) is 11.8 Å².